The fraction of sp³-hybridized carbons (Fsp3) is 0.538. The molecule has 5 heterocycles. The fourth-order valence-corrected chi connectivity index (χ4v) is 7.36. The molecule has 3 aliphatic heterocycles. The summed E-state index contributed by atoms with van der Waals surface area (Å²) in [5.74, 6) is 1.21. The van der Waals surface area contributed by atoms with Crippen LogP contribution in [0.1, 0.15) is 61.6 Å². The van der Waals surface area contributed by atoms with Crippen LogP contribution in [0, 0.1) is 12.3 Å². The number of rotatable bonds is 8. The molecule has 2 aromatic heterocycles. The smallest absolute Gasteiger partial charge is 0.274 e. The molecule has 1 aromatic carbocycles. The number of piperidine rings is 1. The Hall–Kier alpha value is -2.17. The van der Waals surface area contributed by atoms with E-state index in [1.54, 1.807) is 7.11 Å². The van der Waals surface area contributed by atoms with Crippen molar-refractivity contribution in [3.63, 3.8) is 0 Å². The third-order valence-corrected chi connectivity index (χ3v) is 9.18. The van der Waals surface area contributed by atoms with Gasteiger partial charge in [0.1, 0.15) is 5.70 Å². The lowest BCUT2D eigenvalue weighted by Crippen LogP contribution is -2.50. The summed E-state index contributed by atoms with van der Waals surface area (Å²) in [4.78, 5) is 8.12. The summed E-state index contributed by atoms with van der Waals surface area (Å²) in [6, 6.07) is 6.55. The zero-order chi connectivity index (χ0) is 24.2. The Morgan fingerprint density at radius 2 is 2.23 bits per heavy atom. The molecule has 0 spiro atoms. The first-order chi connectivity index (χ1) is 17.1. The molecule has 186 valence electrons. The number of nitrogens with one attached hydrogen (secondary N) is 1. The lowest BCUT2D eigenvalue weighted by Gasteiger charge is -2.53. The topological polar surface area (TPSA) is 91.4 Å². The third-order valence-electron chi connectivity index (χ3n) is 8.03. The van der Waals surface area contributed by atoms with Crippen LogP contribution in [0.3, 0.4) is 0 Å². The fourth-order valence-electron chi connectivity index (χ4n) is 6.45. The van der Waals surface area contributed by atoms with Crippen molar-refractivity contribution >= 4 is 28.0 Å². The van der Waals surface area contributed by atoms with E-state index >= 15 is 0 Å². The summed E-state index contributed by atoms with van der Waals surface area (Å²) in [5, 5.41) is 5.29. The summed E-state index contributed by atoms with van der Waals surface area (Å²) >= 11 is -1.27. The van der Waals surface area contributed by atoms with Crippen molar-refractivity contribution in [1.29, 1.82) is 0 Å². The van der Waals surface area contributed by atoms with E-state index in [0.29, 0.717) is 30.9 Å². The highest BCUT2D eigenvalue weighted by atomic mass is 32.2. The highest BCUT2D eigenvalue weighted by Crippen LogP contribution is 2.57. The molecule has 0 saturated carbocycles. The van der Waals surface area contributed by atoms with E-state index in [2.05, 4.69) is 49.5 Å². The Morgan fingerprint density at radius 1 is 1.34 bits per heavy atom. The number of hydrogen-bond donors (Lipinski definition) is 1. The monoisotopic (exact) mass is 495 g/mol. The molecule has 35 heavy (non-hydrogen) atoms. The van der Waals surface area contributed by atoms with Crippen molar-refractivity contribution in [2.75, 3.05) is 33.4 Å². The van der Waals surface area contributed by atoms with Gasteiger partial charge < -0.3 is 18.4 Å². The van der Waals surface area contributed by atoms with Crippen molar-refractivity contribution in [3.8, 4) is 0 Å². The average Bonchev–Trinajstić information content (AvgIpc) is 3.46. The number of hydrogen-bond acceptors (Lipinski definition) is 7. The highest BCUT2D eigenvalue weighted by Gasteiger charge is 2.51. The van der Waals surface area contributed by atoms with Gasteiger partial charge in [-0.2, -0.15) is 4.98 Å². The number of aromatic nitrogens is 3. The van der Waals surface area contributed by atoms with E-state index < -0.39 is 11.4 Å². The number of aryl methyl sites for hydroxylation is 1. The molecule has 3 aliphatic rings. The quantitative estimate of drug-likeness (QED) is 0.373. The lowest BCUT2D eigenvalue weighted by molar-refractivity contribution is 0.0269. The van der Waals surface area contributed by atoms with Crippen LogP contribution in [0.2, 0.25) is 0 Å². The molecule has 1 fully saturated rings. The van der Waals surface area contributed by atoms with Crippen LogP contribution in [0.15, 0.2) is 33.7 Å². The Balaban J connectivity index is 1.51. The van der Waals surface area contributed by atoms with E-state index in [1.807, 2.05) is 13.0 Å². The molecule has 0 aliphatic carbocycles. The Morgan fingerprint density at radius 3 is 3.00 bits per heavy atom. The summed E-state index contributed by atoms with van der Waals surface area (Å²) in [7, 11) is 1.68. The molecule has 1 unspecified atom stereocenters. The molecule has 9 heteroatoms. The van der Waals surface area contributed by atoms with Crippen LogP contribution in [-0.2, 0) is 22.5 Å². The molecule has 3 atom stereocenters. The molecule has 0 radical (unpaired) electrons. The summed E-state index contributed by atoms with van der Waals surface area (Å²) in [6.07, 6.45) is 7.65. The lowest BCUT2D eigenvalue weighted by atomic mass is 9.66. The van der Waals surface area contributed by atoms with Crippen molar-refractivity contribution < 1.29 is 13.8 Å². The normalized spacial score (nSPS) is 24.5. The molecule has 6 rings (SSSR count). The van der Waals surface area contributed by atoms with Crippen LogP contribution in [-0.4, -0.2) is 57.5 Å². The van der Waals surface area contributed by atoms with Crippen LogP contribution >= 0.6 is 0 Å². The minimum Gasteiger partial charge on any atom is -0.593 e. The van der Waals surface area contributed by atoms with Gasteiger partial charge in [-0.3, -0.25) is 4.90 Å². The second kappa shape index (κ2) is 9.05. The molecular weight excluding hydrogens is 462 g/mol. The minimum atomic E-state index is -1.27. The Labute approximate surface area is 209 Å². The predicted octanol–water partition coefficient (Wildman–Crippen LogP) is 3.97. The van der Waals surface area contributed by atoms with Crippen molar-refractivity contribution in [3.05, 3.63) is 47.2 Å². The zero-order valence-corrected chi connectivity index (χ0v) is 21.5. The van der Waals surface area contributed by atoms with E-state index in [1.165, 1.54) is 23.1 Å². The van der Waals surface area contributed by atoms with Gasteiger partial charge in [0.25, 0.3) is 5.89 Å². The van der Waals surface area contributed by atoms with Crippen molar-refractivity contribution in [2.24, 2.45) is 5.41 Å². The minimum absolute atomic E-state index is 0.0457. The average molecular weight is 496 g/mol. The van der Waals surface area contributed by atoms with Gasteiger partial charge in [0, 0.05) is 49.4 Å². The number of ether oxygens (including phenoxy) is 1. The SMILES string of the molecule is CC[C@@]12C=C(c3nc(C)no3)n3c4c(c5cc([S+]([O-])NCCCOC)ccc53)CCN(CCC1)[C@H]42. The first-order valence-electron chi connectivity index (χ1n) is 12.7. The van der Waals surface area contributed by atoms with E-state index in [4.69, 9.17) is 9.26 Å². The maximum Gasteiger partial charge on any atom is 0.274 e. The second-order valence-corrected chi connectivity index (χ2v) is 11.2. The Kier molecular flexibility index (Phi) is 6.01. The summed E-state index contributed by atoms with van der Waals surface area (Å²) < 4.78 is 29.3. The van der Waals surface area contributed by atoms with Crippen LogP contribution < -0.4 is 4.72 Å². The molecule has 8 nitrogen and oxygen atoms in total. The summed E-state index contributed by atoms with van der Waals surface area (Å²) in [6.45, 7) is 7.67. The van der Waals surface area contributed by atoms with Crippen LogP contribution in [0.25, 0.3) is 16.6 Å². The number of methoxy groups -OCH3 is 1. The first-order valence-corrected chi connectivity index (χ1v) is 13.8. The van der Waals surface area contributed by atoms with Gasteiger partial charge in [0.2, 0.25) is 0 Å². The van der Waals surface area contributed by atoms with Gasteiger partial charge in [0.15, 0.2) is 10.7 Å². The number of benzene rings is 1. The number of nitrogens with zero attached hydrogens (tertiary/aromatic N) is 4. The Bertz CT molecular complexity index is 1280. The molecule has 1 saturated heterocycles. The predicted molar refractivity (Wildman–Crippen MR) is 135 cm³/mol. The van der Waals surface area contributed by atoms with Crippen molar-refractivity contribution in [2.45, 2.75) is 56.9 Å². The van der Waals surface area contributed by atoms with Gasteiger partial charge in [0.05, 0.1) is 22.9 Å². The first kappa shape index (κ1) is 23.2. The van der Waals surface area contributed by atoms with Gasteiger partial charge in [-0.05, 0) is 69.3 Å². The van der Waals surface area contributed by atoms with E-state index in [0.717, 1.165) is 54.9 Å². The zero-order valence-electron chi connectivity index (χ0n) is 20.7. The van der Waals surface area contributed by atoms with E-state index in [9.17, 15) is 4.55 Å². The van der Waals surface area contributed by atoms with Crippen LogP contribution in [0.4, 0.5) is 0 Å². The van der Waals surface area contributed by atoms with Gasteiger partial charge in [-0.25, -0.2) is 0 Å². The van der Waals surface area contributed by atoms with Gasteiger partial charge in [-0.15, -0.1) is 4.72 Å². The molecule has 0 amide bonds. The van der Waals surface area contributed by atoms with E-state index in [-0.39, 0.29) is 5.41 Å². The third kappa shape index (κ3) is 3.67. The molecule has 3 aromatic rings. The summed E-state index contributed by atoms with van der Waals surface area (Å²) in [5.41, 5.74) is 4.89. The molecular formula is C26H33N5O3S. The second-order valence-electron chi connectivity index (χ2n) is 9.94. The maximum atomic E-state index is 13.0. The standard InChI is InChI=1S/C26H33N5O3S/c1-4-26-10-5-12-30-13-9-19-20-15-18(35(32)27-11-6-14-33-3)7-8-21(20)31(23(19)24(26)30)22(16-26)25-28-17(2)29-34-25/h7-8,15-16,24,27H,4-6,9-14H2,1-3H3/t24-,26+,35?/m1/s1. The van der Waals surface area contributed by atoms with Gasteiger partial charge in [-0.1, -0.05) is 12.1 Å². The number of fused-ring (bicyclic) bond motifs is 3. The van der Waals surface area contributed by atoms with Gasteiger partial charge >= 0.3 is 0 Å². The largest absolute Gasteiger partial charge is 0.593 e. The maximum absolute atomic E-state index is 13.0. The van der Waals surface area contributed by atoms with Crippen LogP contribution in [0.5, 0.6) is 0 Å². The molecule has 1 N–H and O–H groups in total. The van der Waals surface area contributed by atoms with Crippen molar-refractivity contribution in [1.82, 2.24) is 24.3 Å². The molecule has 0 bridgehead atoms. The highest BCUT2D eigenvalue weighted by molar-refractivity contribution is 7.89.